The first-order valence-corrected chi connectivity index (χ1v) is 9.89. The van der Waals surface area contributed by atoms with Crippen LogP contribution in [0.25, 0.3) is 0 Å². The number of alkyl carbamates (subject to hydrolysis) is 1. The van der Waals surface area contributed by atoms with Crippen molar-refractivity contribution >= 4 is 28.7 Å². The van der Waals surface area contributed by atoms with Crippen LogP contribution in [0.4, 0.5) is 10.5 Å². The number of amidine groups is 1. The third-order valence-corrected chi connectivity index (χ3v) is 5.84. The lowest BCUT2D eigenvalue weighted by Gasteiger charge is -2.37. The van der Waals surface area contributed by atoms with Gasteiger partial charge in [0.15, 0.2) is 5.17 Å². The largest absolute Gasteiger partial charge is 0.496 e. The zero-order valence-corrected chi connectivity index (χ0v) is 16.6. The van der Waals surface area contributed by atoms with Gasteiger partial charge < -0.3 is 15.2 Å². The molecular weight excluding hydrogens is 350 g/mol. The molecule has 3 N–H and O–H groups in total. The number of nitrogens with zero attached hydrogens (tertiary/aromatic N) is 1. The molecule has 1 fully saturated rings. The van der Waals surface area contributed by atoms with E-state index in [2.05, 4.69) is 5.32 Å². The van der Waals surface area contributed by atoms with Gasteiger partial charge in [-0.25, -0.2) is 4.79 Å². The molecule has 0 bridgehead atoms. The Balaban J connectivity index is 1.95. The summed E-state index contributed by atoms with van der Waals surface area (Å²) in [7, 11) is 1.66. The van der Waals surface area contributed by atoms with Crippen molar-refractivity contribution in [3.05, 3.63) is 23.8 Å². The lowest BCUT2D eigenvalue weighted by molar-refractivity contribution is 0.0564. The molecule has 0 unspecified atom stereocenters. The number of carbonyl (C=O) groups excluding carboxylic acids is 1. The van der Waals surface area contributed by atoms with E-state index < -0.39 is 17.2 Å². The average molecular weight is 378 g/mol. The number of nitrogen functional groups attached to an aromatic ring is 1. The van der Waals surface area contributed by atoms with Gasteiger partial charge in [0.2, 0.25) is 0 Å². The number of ether oxygens (including phenoxy) is 2. The highest BCUT2D eigenvalue weighted by atomic mass is 32.2. The molecule has 2 aliphatic rings. The standard InChI is InChI=1S/C19H27N3O3S/c1-18(2,3)25-17(23)21-16-22-19(9-5-6-12(19)11-26-16)14-10-13(20)7-8-15(14)24-4/h7-8,10,12H,5-6,9,11,20H2,1-4H3,(H,21,22,23)/t12-,19-/m0/s1. The fourth-order valence-electron chi connectivity index (χ4n) is 3.76. The third kappa shape index (κ3) is 3.77. The van der Waals surface area contributed by atoms with Crippen molar-refractivity contribution in [1.29, 1.82) is 0 Å². The molecule has 1 saturated carbocycles. The Bertz CT molecular complexity index is 729. The summed E-state index contributed by atoms with van der Waals surface area (Å²) < 4.78 is 11.0. The van der Waals surface area contributed by atoms with E-state index in [-0.39, 0.29) is 0 Å². The van der Waals surface area contributed by atoms with Crippen LogP contribution in [0.1, 0.15) is 45.6 Å². The quantitative estimate of drug-likeness (QED) is 0.764. The monoisotopic (exact) mass is 377 g/mol. The normalized spacial score (nSPS) is 25.2. The van der Waals surface area contributed by atoms with E-state index in [1.165, 1.54) is 0 Å². The van der Waals surface area contributed by atoms with Gasteiger partial charge in [-0.1, -0.05) is 18.2 Å². The van der Waals surface area contributed by atoms with E-state index in [0.717, 1.165) is 36.3 Å². The van der Waals surface area contributed by atoms with Gasteiger partial charge in [-0.2, -0.15) is 0 Å². The first-order chi connectivity index (χ1) is 12.2. The summed E-state index contributed by atoms with van der Waals surface area (Å²) in [6, 6.07) is 5.69. The zero-order chi connectivity index (χ0) is 18.9. The van der Waals surface area contributed by atoms with Crippen molar-refractivity contribution in [2.24, 2.45) is 10.9 Å². The first kappa shape index (κ1) is 18.9. The van der Waals surface area contributed by atoms with Gasteiger partial charge in [0.25, 0.3) is 0 Å². The molecule has 0 aromatic heterocycles. The van der Waals surface area contributed by atoms with Crippen LogP contribution in [-0.2, 0) is 10.3 Å². The minimum atomic E-state index is -0.547. The number of aliphatic imine (C=N–C) groups is 1. The van der Waals surface area contributed by atoms with E-state index in [1.54, 1.807) is 18.9 Å². The number of anilines is 1. The molecule has 1 aliphatic heterocycles. The number of carbonyl (C=O) groups is 1. The Hall–Kier alpha value is -1.89. The molecular formula is C19H27N3O3S. The van der Waals surface area contributed by atoms with Gasteiger partial charge in [0.1, 0.15) is 11.4 Å². The minimum Gasteiger partial charge on any atom is -0.496 e. The SMILES string of the molecule is COc1ccc(N)cc1[C@]12CCC[C@H]1CSC(NC(=O)OC(C)(C)C)=N2. The van der Waals surface area contributed by atoms with Crippen LogP contribution in [-0.4, -0.2) is 29.7 Å². The smallest absolute Gasteiger partial charge is 0.413 e. The molecule has 142 valence electrons. The highest BCUT2D eigenvalue weighted by molar-refractivity contribution is 8.13. The number of nitrogens with one attached hydrogen (secondary N) is 1. The number of benzene rings is 1. The highest BCUT2D eigenvalue weighted by Gasteiger charge is 2.48. The molecule has 1 aliphatic carbocycles. The van der Waals surface area contributed by atoms with Crippen LogP contribution in [0, 0.1) is 5.92 Å². The summed E-state index contributed by atoms with van der Waals surface area (Å²) in [5.74, 6) is 2.08. The Morgan fingerprint density at radius 2 is 2.19 bits per heavy atom. The summed E-state index contributed by atoms with van der Waals surface area (Å²) >= 11 is 1.57. The number of amides is 1. The second kappa shape index (κ2) is 7.02. The second-order valence-corrected chi connectivity index (χ2v) is 8.84. The summed E-state index contributed by atoms with van der Waals surface area (Å²) in [6.45, 7) is 5.53. The fraction of sp³-hybridized carbons (Fsp3) is 0.579. The van der Waals surface area contributed by atoms with Gasteiger partial charge in [0.05, 0.1) is 12.6 Å². The van der Waals surface area contributed by atoms with Crippen LogP contribution < -0.4 is 15.8 Å². The number of nitrogens with two attached hydrogens (primary N) is 1. The molecule has 1 amide bonds. The van der Waals surface area contributed by atoms with E-state index in [1.807, 2.05) is 39.0 Å². The van der Waals surface area contributed by atoms with Gasteiger partial charge in [-0.05, 0) is 57.7 Å². The molecule has 26 heavy (non-hydrogen) atoms. The van der Waals surface area contributed by atoms with E-state index in [0.29, 0.717) is 16.8 Å². The highest BCUT2D eigenvalue weighted by Crippen LogP contribution is 2.53. The van der Waals surface area contributed by atoms with Crippen LogP contribution in [0.15, 0.2) is 23.2 Å². The number of methoxy groups -OCH3 is 1. The maximum absolute atomic E-state index is 12.2. The molecule has 0 saturated heterocycles. The molecule has 1 aromatic carbocycles. The van der Waals surface area contributed by atoms with Crippen LogP contribution >= 0.6 is 11.8 Å². The van der Waals surface area contributed by atoms with Gasteiger partial charge in [-0.15, -0.1) is 0 Å². The molecule has 0 spiro atoms. The number of hydrogen-bond donors (Lipinski definition) is 2. The lowest BCUT2D eigenvalue weighted by Crippen LogP contribution is -2.41. The molecule has 3 rings (SSSR count). The summed E-state index contributed by atoms with van der Waals surface area (Å²) in [6.07, 6.45) is 2.63. The summed E-state index contributed by atoms with van der Waals surface area (Å²) in [5.41, 5.74) is 6.80. The maximum atomic E-state index is 12.2. The Labute approximate surface area is 158 Å². The maximum Gasteiger partial charge on any atom is 0.413 e. The Morgan fingerprint density at radius 1 is 1.42 bits per heavy atom. The number of hydrogen-bond acceptors (Lipinski definition) is 6. The number of rotatable bonds is 2. The Morgan fingerprint density at radius 3 is 2.88 bits per heavy atom. The van der Waals surface area contributed by atoms with Crippen molar-refractivity contribution in [1.82, 2.24) is 5.32 Å². The van der Waals surface area contributed by atoms with E-state index in [4.69, 9.17) is 20.2 Å². The van der Waals surface area contributed by atoms with Crippen molar-refractivity contribution < 1.29 is 14.3 Å². The van der Waals surface area contributed by atoms with Crippen molar-refractivity contribution in [3.8, 4) is 5.75 Å². The second-order valence-electron chi connectivity index (χ2n) is 7.83. The summed E-state index contributed by atoms with van der Waals surface area (Å²) in [5, 5.41) is 3.41. The molecule has 2 atom stereocenters. The minimum absolute atomic E-state index is 0.396. The van der Waals surface area contributed by atoms with Crippen LogP contribution in [0.3, 0.4) is 0 Å². The lowest BCUT2D eigenvalue weighted by atomic mass is 9.81. The topological polar surface area (TPSA) is 85.9 Å². The van der Waals surface area contributed by atoms with Gasteiger partial charge in [-0.3, -0.25) is 10.3 Å². The van der Waals surface area contributed by atoms with Gasteiger partial charge >= 0.3 is 6.09 Å². The average Bonchev–Trinajstić information content (AvgIpc) is 2.97. The Kier molecular flexibility index (Phi) is 5.10. The molecule has 1 aromatic rings. The predicted molar refractivity (Wildman–Crippen MR) is 106 cm³/mol. The van der Waals surface area contributed by atoms with E-state index >= 15 is 0 Å². The van der Waals surface area contributed by atoms with E-state index in [9.17, 15) is 4.79 Å². The third-order valence-electron chi connectivity index (χ3n) is 4.81. The molecule has 1 heterocycles. The van der Waals surface area contributed by atoms with Crippen LogP contribution in [0.2, 0.25) is 0 Å². The van der Waals surface area contributed by atoms with Gasteiger partial charge in [0, 0.05) is 17.0 Å². The number of fused-ring (bicyclic) bond motifs is 1. The first-order valence-electron chi connectivity index (χ1n) is 8.90. The molecule has 6 nitrogen and oxygen atoms in total. The number of thioether (sulfide) groups is 1. The van der Waals surface area contributed by atoms with Crippen LogP contribution in [0.5, 0.6) is 5.75 Å². The molecule has 7 heteroatoms. The van der Waals surface area contributed by atoms with Crippen molar-refractivity contribution in [2.75, 3.05) is 18.6 Å². The van der Waals surface area contributed by atoms with Crippen molar-refractivity contribution in [2.45, 2.75) is 51.2 Å². The predicted octanol–water partition coefficient (Wildman–Crippen LogP) is 3.90. The fourth-order valence-corrected chi connectivity index (χ4v) is 4.94. The zero-order valence-electron chi connectivity index (χ0n) is 15.8. The summed E-state index contributed by atoms with van der Waals surface area (Å²) in [4.78, 5) is 17.2. The van der Waals surface area contributed by atoms with Crippen molar-refractivity contribution in [3.63, 3.8) is 0 Å². The molecule has 0 radical (unpaired) electrons.